The lowest BCUT2D eigenvalue weighted by molar-refractivity contribution is -0.287. The average Bonchev–Trinajstić information content (AvgIpc) is 3.29. The van der Waals surface area contributed by atoms with Gasteiger partial charge in [0.25, 0.3) is 0 Å². The summed E-state index contributed by atoms with van der Waals surface area (Å²) in [5, 5.41) is 33.5. The minimum atomic E-state index is -1.30. The first-order valence-electron chi connectivity index (χ1n) is 17.1. The average molecular weight is 590 g/mol. The SMILES string of the molecule is CC(=O)N[C@H]1[C@H](O[C@H]2CC[C@@]3(C)[C@@H](C=C[C@@H]4[C@@H]3CC[C@]3(C)[C@@H]([C@H](C)CCCC(C)C)CC[C@@H]43)C2)O[C@H](CO)[C@@H](O)[C@@H]1O. The summed E-state index contributed by atoms with van der Waals surface area (Å²) in [4.78, 5) is 11.9. The molecule has 3 saturated carbocycles. The van der Waals surface area contributed by atoms with Crippen LogP contribution in [0.5, 0.6) is 0 Å². The molecule has 1 amide bonds. The maximum Gasteiger partial charge on any atom is 0.217 e. The first-order chi connectivity index (χ1) is 19.9. The Morgan fingerprint density at radius 2 is 1.71 bits per heavy atom. The Bertz CT molecular complexity index is 971. The molecule has 0 aromatic heterocycles. The van der Waals surface area contributed by atoms with E-state index in [0.29, 0.717) is 23.2 Å². The van der Waals surface area contributed by atoms with Crippen molar-refractivity contribution >= 4 is 5.91 Å². The van der Waals surface area contributed by atoms with Crippen LogP contribution in [0.15, 0.2) is 12.2 Å². The third kappa shape index (κ3) is 5.99. The van der Waals surface area contributed by atoms with E-state index in [4.69, 9.17) is 9.47 Å². The number of hydrogen-bond acceptors (Lipinski definition) is 6. The molecule has 7 nitrogen and oxygen atoms in total. The van der Waals surface area contributed by atoms with Gasteiger partial charge in [-0.2, -0.15) is 0 Å². The largest absolute Gasteiger partial charge is 0.394 e. The number of rotatable bonds is 9. The van der Waals surface area contributed by atoms with Crippen molar-refractivity contribution < 1.29 is 29.6 Å². The number of ether oxygens (including phenoxy) is 2. The highest BCUT2D eigenvalue weighted by Gasteiger charge is 2.60. The standard InChI is InChI=1S/C35H59NO6/c1-20(2)8-7-9-21(3)26-12-13-27-25-11-10-23-18-24(14-16-34(23,5)28(25)15-17-35(26,27)6)41-33-30(36-22(4)38)32(40)31(39)29(19-37)42-33/h10-11,20-21,23-33,37,39-40H,7-9,12-19H2,1-6H3,(H,36,38)/t21-,23+,24+,25+,26-,27+,28+,29-,30-,31-,32-,33-,34+,35-/m1/s1. The minimum absolute atomic E-state index is 0.0799. The summed E-state index contributed by atoms with van der Waals surface area (Å²) in [6.07, 6.45) is 12.9. The lowest BCUT2D eigenvalue weighted by Crippen LogP contribution is -2.65. The Hall–Kier alpha value is -0.990. The van der Waals surface area contributed by atoms with Gasteiger partial charge in [-0.1, -0.05) is 66.0 Å². The molecule has 4 N–H and O–H groups in total. The lowest BCUT2D eigenvalue weighted by atomic mass is 9.46. The highest BCUT2D eigenvalue weighted by atomic mass is 16.7. The number of fused-ring (bicyclic) bond motifs is 5. The fourth-order valence-electron chi connectivity index (χ4n) is 10.5. The Morgan fingerprint density at radius 1 is 1.00 bits per heavy atom. The summed E-state index contributed by atoms with van der Waals surface area (Å²) in [5.74, 6) is 4.71. The number of nitrogens with one attached hydrogen (secondary N) is 1. The molecular formula is C35H59NO6. The highest BCUT2D eigenvalue weighted by molar-refractivity contribution is 5.73. The van der Waals surface area contributed by atoms with Gasteiger partial charge >= 0.3 is 0 Å². The quantitative estimate of drug-likeness (QED) is 0.275. The number of allylic oxidation sites excluding steroid dienone is 2. The van der Waals surface area contributed by atoms with Crippen LogP contribution in [0.4, 0.5) is 0 Å². The van der Waals surface area contributed by atoms with E-state index >= 15 is 0 Å². The van der Waals surface area contributed by atoms with Crippen molar-refractivity contribution in [1.82, 2.24) is 5.32 Å². The zero-order chi connectivity index (χ0) is 30.4. The fraction of sp³-hybridized carbons (Fsp3) is 0.914. The fourth-order valence-corrected chi connectivity index (χ4v) is 10.5. The molecule has 0 aromatic carbocycles. The van der Waals surface area contributed by atoms with Crippen LogP contribution in [0.2, 0.25) is 0 Å². The van der Waals surface area contributed by atoms with Crippen molar-refractivity contribution in [3.63, 3.8) is 0 Å². The zero-order valence-corrected chi connectivity index (χ0v) is 27.0. The molecule has 5 aliphatic rings. The van der Waals surface area contributed by atoms with E-state index in [9.17, 15) is 20.1 Å². The topological polar surface area (TPSA) is 108 Å². The van der Waals surface area contributed by atoms with Crippen LogP contribution in [0, 0.1) is 52.3 Å². The van der Waals surface area contributed by atoms with Gasteiger partial charge in [0.1, 0.15) is 24.4 Å². The van der Waals surface area contributed by atoms with Crippen LogP contribution < -0.4 is 5.32 Å². The molecule has 42 heavy (non-hydrogen) atoms. The van der Waals surface area contributed by atoms with E-state index in [2.05, 4.69) is 52.1 Å². The Kier molecular flexibility index (Phi) is 9.86. The predicted molar refractivity (Wildman–Crippen MR) is 163 cm³/mol. The Morgan fingerprint density at radius 3 is 2.40 bits per heavy atom. The van der Waals surface area contributed by atoms with Crippen LogP contribution in [0.25, 0.3) is 0 Å². The first kappa shape index (κ1) is 32.4. The van der Waals surface area contributed by atoms with E-state index in [-0.39, 0.29) is 17.4 Å². The second kappa shape index (κ2) is 12.8. The predicted octanol–water partition coefficient (Wildman–Crippen LogP) is 5.21. The number of hydrogen-bond donors (Lipinski definition) is 4. The number of carbonyl (C=O) groups is 1. The van der Waals surface area contributed by atoms with Gasteiger partial charge in [-0.3, -0.25) is 4.79 Å². The number of aliphatic hydroxyl groups is 3. The number of carbonyl (C=O) groups excluding carboxylic acids is 1. The second-order valence-electron chi connectivity index (χ2n) is 15.8. The van der Waals surface area contributed by atoms with E-state index < -0.39 is 37.3 Å². The van der Waals surface area contributed by atoms with E-state index in [1.165, 1.54) is 51.9 Å². The van der Waals surface area contributed by atoms with E-state index in [0.717, 1.165) is 42.9 Å². The maximum absolute atomic E-state index is 11.9. The molecule has 4 fully saturated rings. The summed E-state index contributed by atoms with van der Waals surface area (Å²) in [7, 11) is 0. The molecule has 1 saturated heterocycles. The molecule has 5 rings (SSSR count). The second-order valence-corrected chi connectivity index (χ2v) is 15.8. The molecule has 1 heterocycles. The third-order valence-electron chi connectivity index (χ3n) is 12.9. The van der Waals surface area contributed by atoms with Gasteiger partial charge in [0.2, 0.25) is 5.91 Å². The van der Waals surface area contributed by atoms with Crippen molar-refractivity contribution in [1.29, 1.82) is 0 Å². The molecule has 1 aliphatic heterocycles. The molecule has 0 radical (unpaired) electrons. The van der Waals surface area contributed by atoms with Crippen LogP contribution in [0.1, 0.15) is 106 Å². The number of amides is 1. The van der Waals surface area contributed by atoms with Crippen LogP contribution in [-0.2, 0) is 14.3 Å². The van der Waals surface area contributed by atoms with Gasteiger partial charge in [0.05, 0.1) is 12.7 Å². The molecule has 4 aliphatic carbocycles. The monoisotopic (exact) mass is 589 g/mol. The third-order valence-corrected chi connectivity index (χ3v) is 12.9. The molecule has 7 heteroatoms. The van der Waals surface area contributed by atoms with Gasteiger partial charge in [-0.15, -0.1) is 0 Å². The molecule has 240 valence electrons. The first-order valence-corrected chi connectivity index (χ1v) is 17.1. The van der Waals surface area contributed by atoms with Crippen LogP contribution >= 0.6 is 0 Å². The maximum atomic E-state index is 11.9. The van der Waals surface area contributed by atoms with Crippen molar-refractivity contribution in [2.75, 3.05) is 6.61 Å². The van der Waals surface area contributed by atoms with E-state index in [1.54, 1.807) is 0 Å². The van der Waals surface area contributed by atoms with Gasteiger partial charge in [0.15, 0.2) is 6.29 Å². The smallest absolute Gasteiger partial charge is 0.217 e. The number of aliphatic hydroxyl groups excluding tert-OH is 3. The summed E-state index contributed by atoms with van der Waals surface area (Å²) in [6.45, 7) is 13.3. The Balaban J connectivity index is 1.26. The lowest BCUT2D eigenvalue weighted by Gasteiger charge is -2.59. The van der Waals surface area contributed by atoms with Crippen LogP contribution in [-0.4, -0.2) is 64.6 Å². The van der Waals surface area contributed by atoms with Crippen molar-refractivity contribution in [3.8, 4) is 0 Å². The van der Waals surface area contributed by atoms with E-state index in [1.807, 2.05) is 0 Å². The summed E-state index contributed by atoms with van der Waals surface area (Å²) in [5.41, 5.74) is 0.702. The molecule has 0 bridgehead atoms. The molecule has 0 unspecified atom stereocenters. The highest BCUT2D eigenvalue weighted by Crippen LogP contribution is 2.67. The molecule has 0 spiro atoms. The normalized spacial score (nSPS) is 47.4. The van der Waals surface area contributed by atoms with Gasteiger partial charge < -0.3 is 30.1 Å². The van der Waals surface area contributed by atoms with Gasteiger partial charge in [-0.05, 0) is 97.2 Å². The van der Waals surface area contributed by atoms with Gasteiger partial charge in [-0.25, -0.2) is 0 Å². The van der Waals surface area contributed by atoms with Crippen molar-refractivity contribution in [2.45, 2.75) is 142 Å². The molecular weight excluding hydrogens is 530 g/mol. The molecule has 0 aromatic rings. The van der Waals surface area contributed by atoms with Gasteiger partial charge in [0, 0.05) is 6.92 Å². The summed E-state index contributed by atoms with van der Waals surface area (Å²) >= 11 is 0. The minimum Gasteiger partial charge on any atom is -0.394 e. The summed E-state index contributed by atoms with van der Waals surface area (Å²) < 4.78 is 12.3. The van der Waals surface area contributed by atoms with Crippen molar-refractivity contribution in [2.24, 2.45) is 52.3 Å². The summed E-state index contributed by atoms with van der Waals surface area (Å²) in [6, 6.07) is -0.890. The Labute approximate surface area is 254 Å². The zero-order valence-electron chi connectivity index (χ0n) is 27.0. The molecule has 14 atom stereocenters. The van der Waals surface area contributed by atoms with Crippen molar-refractivity contribution in [3.05, 3.63) is 12.2 Å². The van der Waals surface area contributed by atoms with Crippen LogP contribution in [0.3, 0.4) is 0 Å².